The van der Waals surface area contributed by atoms with Crippen LogP contribution in [0.1, 0.15) is 29.8 Å². The first kappa shape index (κ1) is 19.9. The van der Waals surface area contributed by atoms with Gasteiger partial charge in [0.2, 0.25) is 0 Å². The Morgan fingerprint density at radius 2 is 1.85 bits per heavy atom. The van der Waals surface area contributed by atoms with E-state index in [2.05, 4.69) is 5.32 Å². The first-order valence-electron chi connectivity index (χ1n) is 8.29. The minimum Gasteiger partial charge on any atom is -0.495 e. The largest absolute Gasteiger partial charge is 0.495 e. The third kappa shape index (κ3) is 5.04. The number of non-ortho nitro benzene ring substituents is 1. The Balaban J connectivity index is 2.07. The van der Waals surface area contributed by atoms with Crippen LogP contribution in [0.25, 0.3) is 0 Å². The van der Waals surface area contributed by atoms with Crippen molar-refractivity contribution in [2.24, 2.45) is 0 Å². The van der Waals surface area contributed by atoms with Crippen molar-refractivity contribution in [3.05, 3.63) is 63.7 Å². The lowest BCUT2D eigenvalue weighted by Crippen LogP contribution is -2.30. The summed E-state index contributed by atoms with van der Waals surface area (Å²) in [7, 11) is 1.38. The van der Waals surface area contributed by atoms with Crippen LogP contribution in [0, 0.1) is 10.1 Å². The molecule has 0 aliphatic heterocycles. The van der Waals surface area contributed by atoms with E-state index in [-0.39, 0.29) is 17.1 Å². The van der Waals surface area contributed by atoms with Crippen LogP contribution in [0.3, 0.4) is 0 Å². The molecule has 2 rings (SSSR count). The fourth-order valence-corrected chi connectivity index (χ4v) is 2.30. The first-order valence-corrected chi connectivity index (χ1v) is 8.29. The molecule has 0 saturated heterocycles. The van der Waals surface area contributed by atoms with Crippen LogP contribution in [0.5, 0.6) is 5.75 Å². The van der Waals surface area contributed by atoms with Crippen molar-refractivity contribution in [1.29, 1.82) is 0 Å². The van der Waals surface area contributed by atoms with Gasteiger partial charge in [0, 0.05) is 12.1 Å². The summed E-state index contributed by atoms with van der Waals surface area (Å²) in [6.07, 6.45) is -0.258. The number of nitrogens with zero attached hydrogens (tertiary/aromatic N) is 1. The first-order chi connectivity index (χ1) is 12.8. The highest BCUT2D eigenvalue weighted by atomic mass is 16.6. The molecule has 0 aliphatic rings. The molecule has 2 aromatic carbocycles. The van der Waals surface area contributed by atoms with Gasteiger partial charge in [-0.1, -0.05) is 19.1 Å². The summed E-state index contributed by atoms with van der Waals surface area (Å²) in [6, 6.07) is 10.7. The van der Waals surface area contributed by atoms with Crippen LogP contribution >= 0.6 is 0 Å². The quantitative estimate of drug-likeness (QED) is 0.454. The van der Waals surface area contributed by atoms with E-state index in [1.807, 2.05) is 19.1 Å². The van der Waals surface area contributed by atoms with Crippen molar-refractivity contribution in [1.82, 2.24) is 0 Å². The number of esters is 1. The number of nitrogens with one attached hydrogen (secondary N) is 1. The summed E-state index contributed by atoms with van der Waals surface area (Å²) in [4.78, 5) is 34.8. The van der Waals surface area contributed by atoms with Crippen molar-refractivity contribution in [2.75, 3.05) is 12.4 Å². The second-order valence-corrected chi connectivity index (χ2v) is 5.73. The molecule has 8 nitrogen and oxygen atoms in total. The number of hydrogen-bond donors (Lipinski definition) is 1. The molecule has 27 heavy (non-hydrogen) atoms. The lowest BCUT2D eigenvalue weighted by Gasteiger charge is -2.15. The average molecular weight is 372 g/mol. The Bertz CT molecular complexity index is 848. The predicted octanol–water partition coefficient (Wildman–Crippen LogP) is 3.35. The molecule has 1 amide bonds. The van der Waals surface area contributed by atoms with Gasteiger partial charge in [-0.3, -0.25) is 14.9 Å². The lowest BCUT2D eigenvalue weighted by molar-refractivity contribution is -0.384. The Morgan fingerprint density at radius 1 is 1.19 bits per heavy atom. The third-order valence-electron chi connectivity index (χ3n) is 3.90. The number of anilines is 1. The summed E-state index contributed by atoms with van der Waals surface area (Å²) in [5, 5.41) is 13.4. The molecule has 1 atom stereocenters. The van der Waals surface area contributed by atoms with Gasteiger partial charge < -0.3 is 14.8 Å². The van der Waals surface area contributed by atoms with Crippen LogP contribution < -0.4 is 10.1 Å². The number of amides is 1. The fraction of sp³-hybridized carbons (Fsp3) is 0.263. The molecule has 0 unspecified atom stereocenters. The lowest BCUT2D eigenvalue weighted by atomic mass is 10.1. The highest BCUT2D eigenvalue weighted by molar-refractivity contribution is 5.98. The summed E-state index contributed by atoms with van der Waals surface area (Å²) in [6.45, 7) is 3.42. The molecule has 142 valence electrons. The molecule has 0 spiro atoms. The molecule has 2 aromatic rings. The summed E-state index contributed by atoms with van der Waals surface area (Å²) >= 11 is 0. The molecule has 0 aromatic heterocycles. The van der Waals surface area contributed by atoms with E-state index in [9.17, 15) is 19.7 Å². The number of carbonyl (C=O) groups is 2. The van der Waals surface area contributed by atoms with E-state index < -0.39 is 22.9 Å². The Morgan fingerprint density at radius 3 is 2.41 bits per heavy atom. The van der Waals surface area contributed by atoms with Gasteiger partial charge in [0.1, 0.15) is 5.75 Å². The van der Waals surface area contributed by atoms with Crippen LogP contribution in [0.2, 0.25) is 0 Å². The number of nitro benzene ring substituents is 1. The maximum absolute atomic E-state index is 12.3. The van der Waals surface area contributed by atoms with E-state index in [0.29, 0.717) is 5.56 Å². The number of nitro groups is 1. The standard InChI is InChI=1S/C19H20N2O6/c1-4-13-5-7-14(8-6-13)19(23)27-12(2)18(22)20-16-11-15(21(24)25)9-10-17(16)26-3/h5-12H,4H2,1-3H3,(H,20,22)/t12-/m0/s1. The van der Waals surface area contributed by atoms with Gasteiger partial charge >= 0.3 is 5.97 Å². The Kier molecular flexibility index (Phi) is 6.48. The maximum Gasteiger partial charge on any atom is 0.338 e. The Labute approximate surface area is 156 Å². The van der Waals surface area contributed by atoms with E-state index in [4.69, 9.17) is 9.47 Å². The number of aryl methyl sites for hydroxylation is 1. The Hall–Kier alpha value is -3.42. The van der Waals surface area contributed by atoms with Gasteiger partial charge in [-0.15, -0.1) is 0 Å². The minimum atomic E-state index is -1.10. The second-order valence-electron chi connectivity index (χ2n) is 5.73. The molecule has 0 bridgehead atoms. The number of ether oxygens (including phenoxy) is 2. The second kappa shape index (κ2) is 8.79. The zero-order valence-electron chi connectivity index (χ0n) is 15.2. The number of methoxy groups -OCH3 is 1. The van der Waals surface area contributed by atoms with Crippen molar-refractivity contribution < 1.29 is 24.0 Å². The average Bonchev–Trinajstić information content (AvgIpc) is 2.67. The number of carbonyl (C=O) groups excluding carboxylic acids is 2. The molecular formula is C19H20N2O6. The zero-order valence-corrected chi connectivity index (χ0v) is 15.2. The van der Waals surface area contributed by atoms with Gasteiger partial charge in [0.15, 0.2) is 6.10 Å². The molecule has 0 saturated carbocycles. The molecule has 0 heterocycles. The van der Waals surface area contributed by atoms with Gasteiger partial charge in [-0.2, -0.15) is 0 Å². The molecule has 0 radical (unpaired) electrons. The van der Waals surface area contributed by atoms with Crippen molar-refractivity contribution in [2.45, 2.75) is 26.4 Å². The number of benzene rings is 2. The van der Waals surface area contributed by atoms with Gasteiger partial charge in [0.25, 0.3) is 11.6 Å². The van der Waals surface area contributed by atoms with E-state index in [0.717, 1.165) is 12.0 Å². The summed E-state index contributed by atoms with van der Waals surface area (Å²) in [5.41, 5.74) is 1.33. The smallest absolute Gasteiger partial charge is 0.338 e. The number of hydrogen-bond acceptors (Lipinski definition) is 6. The summed E-state index contributed by atoms with van der Waals surface area (Å²) < 4.78 is 10.3. The molecule has 0 fully saturated rings. The third-order valence-corrected chi connectivity index (χ3v) is 3.90. The summed E-state index contributed by atoms with van der Waals surface area (Å²) in [5.74, 6) is -1.01. The fourth-order valence-electron chi connectivity index (χ4n) is 2.30. The van der Waals surface area contributed by atoms with Gasteiger partial charge in [-0.25, -0.2) is 4.79 Å². The van der Waals surface area contributed by atoms with E-state index in [1.165, 1.54) is 32.2 Å². The highest BCUT2D eigenvalue weighted by Gasteiger charge is 2.21. The topological polar surface area (TPSA) is 108 Å². The van der Waals surface area contributed by atoms with Crippen LogP contribution in [-0.2, 0) is 16.0 Å². The SMILES string of the molecule is CCc1ccc(C(=O)O[C@@H](C)C(=O)Nc2cc([N+](=O)[O-])ccc2OC)cc1. The maximum atomic E-state index is 12.3. The van der Waals surface area contributed by atoms with Crippen LogP contribution in [0.4, 0.5) is 11.4 Å². The minimum absolute atomic E-state index is 0.117. The van der Waals surface area contributed by atoms with E-state index >= 15 is 0 Å². The molecular weight excluding hydrogens is 352 g/mol. The normalized spacial score (nSPS) is 11.4. The van der Waals surface area contributed by atoms with Gasteiger partial charge in [-0.05, 0) is 37.1 Å². The predicted molar refractivity (Wildman–Crippen MR) is 99.0 cm³/mol. The molecule has 8 heteroatoms. The molecule has 0 aliphatic carbocycles. The van der Waals surface area contributed by atoms with E-state index in [1.54, 1.807) is 12.1 Å². The van der Waals surface area contributed by atoms with Crippen LogP contribution in [0.15, 0.2) is 42.5 Å². The monoisotopic (exact) mass is 372 g/mol. The van der Waals surface area contributed by atoms with Crippen LogP contribution in [-0.4, -0.2) is 30.0 Å². The van der Waals surface area contributed by atoms with Crippen molar-refractivity contribution in [3.63, 3.8) is 0 Å². The van der Waals surface area contributed by atoms with Gasteiger partial charge in [0.05, 0.1) is 23.3 Å². The van der Waals surface area contributed by atoms with Crippen molar-refractivity contribution in [3.8, 4) is 5.75 Å². The van der Waals surface area contributed by atoms with Crippen molar-refractivity contribution >= 4 is 23.3 Å². The number of rotatable bonds is 7. The molecule has 1 N–H and O–H groups in total. The zero-order chi connectivity index (χ0) is 20.0. The highest BCUT2D eigenvalue weighted by Crippen LogP contribution is 2.29.